The number of fused-ring (bicyclic) bond motifs is 1. The lowest BCUT2D eigenvalue weighted by Gasteiger charge is -2.17. The van der Waals surface area contributed by atoms with Crippen LogP contribution in [-0.4, -0.2) is 22.6 Å². The fraction of sp³-hybridized carbons (Fsp3) is 0.211. The van der Waals surface area contributed by atoms with Crippen LogP contribution in [0.25, 0.3) is 11.4 Å². The van der Waals surface area contributed by atoms with Crippen molar-refractivity contribution in [1.82, 2.24) is 10.1 Å². The Morgan fingerprint density at radius 1 is 1.24 bits per heavy atom. The highest BCUT2D eigenvalue weighted by atomic mass is 79.9. The average Bonchev–Trinajstić information content (AvgIpc) is 3.22. The lowest BCUT2D eigenvalue weighted by molar-refractivity contribution is -0.117. The zero-order chi connectivity index (χ0) is 17.4. The summed E-state index contributed by atoms with van der Waals surface area (Å²) in [6.07, 6.45) is 1.24. The quantitative estimate of drug-likeness (QED) is 0.671. The Bertz CT molecular complexity index is 934. The summed E-state index contributed by atoms with van der Waals surface area (Å²) in [5.41, 5.74) is 4.05. The van der Waals surface area contributed by atoms with E-state index < -0.39 is 0 Å². The van der Waals surface area contributed by atoms with Gasteiger partial charge in [-0.2, -0.15) is 4.98 Å². The molecule has 0 saturated heterocycles. The summed E-state index contributed by atoms with van der Waals surface area (Å²) < 4.78 is 6.06. The molecule has 5 nitrogen and oxygen atoms in total. The van der Waals surface area contributed by atoms with E-state index in [9.17, 15) is 4.79 Å². The minimum atomic E-state index is 0.115. The molecule has 6 heteroatoms. The van der Waals surface area contributed by atoms with Crippen molar-refractivity contribution in [3.8, 4) is 11.4 Å². The highest BCUT2D eigenvalue weighted by Gasteiger charge is 2.25. The number of rotatable bonds is 3. The second-order valence-corrected chi connectivity index (χ2v) is 6.99. The zero-order valence-electron chi connectivity index (χ0n) is 13.7. The molecule has 0 spiro atoms. The molecule has 0 radical (unpaired) electrons. The number of hydrogen-bond acceptors (Lipinski definition) is 4. The van der Waals surface area contributed by atoms with Gasteiger partial charge in [-0.05, 0) is 47.9 Å². The van der Waals surface area contributed by atoms with E-state index >= 15 is 0 Å². The van der Waals surface area contributed by atoms with E-state index in [1.165, 1.54) is 0 Å². The number of aryl methyl sites for hydroxylation is 1. The number of anilines is 1. The van der Waals surface area contributed by atoms with Crippen molar-refractivity contribution in [3.05, 3.63) is 64.0 Å². The van der Waals surface area contributed by atoms with Crippen LogP contribution in [0.3, 0.4) is 0 Å². The molecule has 25 heavy (non-hydrogen) atoms. The number of aromatic nitrogens is 2. The Kier molecular flexibility index (Phi) is 4.13. The van der Waals surface area contributed by atoms with Crippen molar-refractivity contribution in [2.24, 2.45) is 0 Å². The number of carbonyl (C=O) groups is 1. The second kappa shape index (κ2) is 6.44. The lowest BCUT2D eigenvalue weighted by Crippen LogP contribution is -2.30. The Morgan fingerprint density at radius 2 is 2.04 bits per heavy atom. The number of nitrogens with zero attached hydrogens (tertiary/aromatic N) is 3. The Hall–Kier alpha value is -2.47. The van der Waals surface area contributed by atoms with Gasteiger partial charge >= 0.3 is 0 Å². The van der Waals surface area contributed by atoms with E-state index in [-0.39, 0.29) is 5.91 Å². The van der Waals surface area contributed by atoms with Gasteiger partial charge in [0.05, 0.1) is 6.42 Å². The smallest absolute Gasteiger partial charge is 0.231 e. The van der Waals surface area contributed by atoms with Crippen LogP contribution in [0.15, 0.2) is 51.5 Å². The predicted molar refractivity (Wildman–Crippen MR) is 98.4 cm³/mol. The van der Waals surface area contributed by atoms with Crippen molar-refractivity contribution >= 4 is 27.5 Å². The van der Waals surface area contributed by atoms with E-state index in [2.05, 4.69) is 26.1 Å². The standard InChI is InChI=1S/C19H16BrN3O2/c1-12-21-19(22-25-12)15-4-7-17-14(11-15)8-9-23(17)18(24)10-13-2-5-16(20)6-3-13/h2-7,11H,8-10H2,1H3. The fourth-order valence-electron chi connectivity index (χ4n) is 3.09. The van der Waals surface area contributed by atoms with E-state index in [0.29, 0.717) is 24.7 Å². The maximum Gasteiger partial charge on any atom is 0.231 e. The molecule has 2 aromatic carbocycles. The van der Waals surface area contributed by atoms with E-state index in [1.807, 2.05) is 47.4 Å². The molecule has 1 aromatic heterocycles. The van der Waals surface area contributed by atoms with Gasteiger partial charge in [0.15, 0.2) is 0 Å². The summed E-state index contributed by atoms with van der Waals surface area (Å²) in [6.45, 7) is 2.48. The zero-order valence-corrected chi connectivity index (χ0v) is 15.3. The normalized spacial score (nSPS) is 13.1. The first-order chi connectivity index (χ1) is 12.1. The minimum Gasteiger partial charge on any atom is -0.339 e. The van der Waals surface area contributed by atoms with Crippen molar-refractivity contribution in [2.45, 2.75) is 19.8 Å². The van der Waals surface area contributed by atoms with Gasteiger partial charge < -0.3 is 9.42 Å². The van der Waals surface area contributed by atoms with Gasteiger partial charge in [-0.1, -0.05) is 33.2 Å². The highest BCUT2D eigenvalue weighted by Crippen LogP contribution is 2.32. The predicted octanol–water partition coefficient (Wildman–Crippen LogP) is 3.94. The monoisotopic (exact) mass is 397 g/mol. The summed E-state index contributed by atoms with van der Waals surface area (Å²) in [4.78, 5) is 18.8. The topological polar surface area (TPSA) is 59.2 Å². The first-order valence-corrected chi connectivity index (χ1v) is 8.88. The van der Waals surface area contributed by atoms with Crippen molar-refractivity contribution in [2.75, 3.05) is 11.4 Å². The fourth-order valence-corrected chi connectivity index (χ4v) is 3.35. The number of amides is 1. The maximum atomic E-state index is 12.7. The van der Waals surface area contributed by atoms with E-state index in [4.69, 9.17) is 4.52 Å². The van der Waals surface area contributed by atoms with Crippen LogP contribution in [0, 0.1) is 6.92 Å². The Labute approximate surface area is 153 Å². The SMILES string of the molecule is Cc1nc(-c2ccc3c(c2)CCN3C(=O)Cc2ccc(Br)cc2)no1. The summed E-state index contributed by atoms with van der Waals surface area (Å²) in [5.74, 6) is 1.24. The molecule has 0 bridgehead atoms. The molecule has 0 atom stereocenters. The van der Waals surface area contributed by atoms with E-state index in [0.717, 1.165) is 33.3 Å². The number of halogens is 1. The van der Waals surface area contributed by atoms with Crippen LogP contribution in [0.5, 0.6) is 0 Å². The molecule has 0 aliphatic carbocycles. The lowest BCUT2D eigenvalue weighted by atomic mass is 10.1. The Morgan fingerprint density at radius 3 is 2.76 bits per heavy atom. The molecule has 2 heterocycles. The van der Waals surface area contributed by atoms with Gasteiger partial charge in [0.1, 0.15) is 0 Å². The van der Waals surface area contributed by atoms with Crippen LogP contribution in [0.2, 0.25) is 0 Å². The van der Waals surface area contributed by atoms with Gasteiger partial charge in [-0.3, -0.25) is 4.79 Å². The summed E-state index contributed by atoms with van der Waals surface area (Å²) in [7, 11) is 0. The number of carbonyl (C=O) groups excluding carboxylic acids is 1. The second-order valence-electron chi connectivity index (χ2n) is 6.08. The van der Waals surface area contributed by atoms with Crippen LogP contribution in [0.4, 0.5) is 5.69 Å². The molecule has 0 unspecified atom stereocenters. The number of benzene rings is 2. The molecule has 126 valence electrons. The molecule has 1 amide bonds. The Balaban J connectivity index is 1.55. The summed E-state index contributed by atoms with van der Waals surface area (Å²) in [5, 5.41) is 3.96. The molecule has 0 N–H and O–H groups in total. The van der Waals surface area contributed by atoms with Gasteiger partial charge in [0.25, 0.3) is 0 Å². The summed E-state index contributed by atoms with van der Waals surface area (Å²) >= 11 is 3.41. The molecular formula is C19H16BrN3O2. The molecule has 0 fully saturated rings. The van der Waals surface area contributed by atoms with Crippen LogP contribution in [0.1, 0.15) is 17.0 Å². The van der Waals surface area contributed by atoms with Crippen molar-refractivity contribution in [1.29, 1.82) is 0 Å². The van der Waals surface area contributed by atoms with Crippen molar-refractivity contribution < 1.29 is 9.32 Å². The van der Waals surface area contributed by atoms with Crippen LogP contribution < -0.4 is 4.90 Å². The minimum absolute atomic E-state index is 0.115. The molecule has 4 rings (SSSR count). The highest BCUT2D eigenvalue weighted by molar-refractivity contribution is 9.10. The molecular weight excluding hydrogens is 382 g/mol. The third-order valence-electron chi connectivity index (χ3n) is 4.33. The number of hydrogen-bond donors (Lipinski definition) is 0. The van der Waals surface area contributed by atoms with Gasteiger partial charge in [-0.25, -0.2) is 0 Å². The average molecular weight is 398 g/mol. The largest absolute Gasteiger partial charge is 0.339 e. The first-order valence-electron chi connectivity index (χ1n) is 8.08. The van der Waals surface area contributed by atoms with Crippen molar-refractivity contribution in [3.63, 3.8) is 0 Å². The van der Waals surface area contributed by atoms with Gasteiger partial charge in [0.2, 0.25) is 17.6 Å². The molecule has 1 aliphatic heterocycles. The molecule has 0 saturated carbocycles. The molecule has 1 aliphatic rings. The van der Waals surface area contributed by atoms with Gasteiger partial charge in [0, 0.05) is 29.2 Å². The van der Waals surface area contributed by atoms with Crippen LogP contribution >= 0.6 is 15.9 Å². The van der Waals surface area contributed by atoms with E-state index in [1.54, 1.807) is 6.92 Å². The van der Waals surface area contributed by atoms with Crippen LogP contribution in [-0.2, 0) is 17.6 Å². The third kappa shape index (κ3) is 3.22. The van der Waals surface area contributed by atoms with Gasteiger partial charge in [-0.15, -0.1) is 0 Å². The summed E-state index contributed by atoms with van der Waals surface area (Å²) in [6, 6.07) is 13.8. The first kappa shape index (κ1) is 16.0. The molecule has 3 aromatic rings. The maximum absolute atomic E-state index is 12.7. The third-order valence-corrected chi connectivity index (χ3v) is 4.86.